The number of methoxy groups -OCH3 is 2. The predicted octanol–water partition coefficient (Wildman–Crippen LogP) is 5.63. The third kappa shape index (κ3) is 10.2. The minimum Gasteiger partial charge on any atom is -0.462 e. The molecule has 2 bridgehead atoms. The molecule has 7 rings (SSSR count). The summed E-state index contributed by atoms with van der Waals surface area (Å²) in [6, 6.07) is 0. The van der Waals surface area contributed by atoms with Gasteiger partial charge in [-0.05, 0) is 62.8 Å². The molecule has 20 atom stereocenters. The lowest BCUT2D eigenvalue weighted by atomic mass is 9.64. The molecule has 63 heavy (non-hydrogen) atoms. The van der Waals surface area contributed by atoms with Crippen molar-refractivity contribution < 1.29 is 67.5 Å². The van der Waals surface area contributed by atoms with Crippen LogP contribution < -0.4 is 0 Å². The van der Waals surface area contributed by atoms with Gasteiger partial charge in [0, 0.05) is 57.7 Å². The van der Waals surface area contributed by atoms with Crippen LogP contribution in [0.2, 0.25) is 0 Å². The number of aliphatic hydroxyl groups is 3. The van der Waals surface area contributed by atoms with Gasteiger partial charge in [0.05, 0.1) is 62.0 Å². The zero-order valence-electron chi connectivity index (χ0n) is 38.9. The van der Waals surface area contributed by atoms with Crippen LogP contribution in [0.25, 0.3) is 0 Å². The van der Waals surface area contributed by atoms with Crippen molar-refractivity contribution in [2.75, 3.05) is 27.4 Å². The summed E-state index contributed by atoms with van der Waals surface area (Å²) in [6.45, 7) is 16.3. The van der Waals surface area contributed by atoms with Crippen LogP contribution in [0.5, 0.6) is 0 Å². The van der Waals surface area contributed by atoms with Gasteiger partial charge in [-0.1, -0.05) is 70.6 Å². The molecule has 0 radical (unpaired) electrons. The van der Waals surface area contributed by atoms with Gasteiger partial charge in [-0.15, -0.1) is 0 Å². The number of rotatable bonds is 8. The molecule has 6 heterocycles. The molecule has 3 N–H and O–H groups in total. The van der Waals surface area contributed by atoms with Crippen LogP contribution in [-0.2, 0) is 52.2 Å². The standard InChI is InChI=1S/C49H74O14/c1-11-26(2)45-29(5)17-18-48(63-45)23-35-20-34(62-48)16-15-28(4)44(60-41-22-39(55-10)46(32(8)58-41)61-40-21-38(54-9)43(51)31(7)57-40)27(3)13-12-14-33-24-56-25-37-42(50)30(6)19-36(47(52)59-35)49(33,37)53/h12-15,17-19,26-27,29,31-32,34-46,50-51,53H,11,16,20-25H2,1-10H3/b13-12+,28-15+,33-14+/t26-,27-,29-,31-,32-,34+,35-,36?,37+,38-,39-,40-,41-,42+,43-,44-,45+,46?,48?,49+/m0/s1. The zero-order chi connectivity index (χ0) is 45.4. The third-order valence-corrected chi connectivity index (χ3v) is 14.9. The SMILES string of the molecule is CC[C@H](C)[C@H]1OC2(C=C[C@@H]1C)C[C@@H]1C[C@@H](C/C=C(\C)[C@@H](O[C@H]3C[C@H](OC)C(O[C@H]4C[C@H](OC)[C@@H](O)[C@H](C)O4)[C@H](C)O3)[C@@H](C)/C=C/C=C3\COC[C@@H]4[C@H](O)C(C)=CC(C(=O)O1)[C@]34O)O2. The van der Waals surface area contributed by atoms with Crippen molar-refractivity contribution in [1.29, 1.82) is 0 Å². The Kier molecular flexibility index (Phi) is 15.7. The maximum Gasteiger partial charge on any atom is 0.316 e. The summed E-state index contributed by atoms with van der Waals surface area (Å²) >= 11 is 0. The lowest BCUT2D eigenvalue weighted by Crippen LogP contribution is -2.61. The van der Waals surface area contributed by atoms with Crippen molar-refractivity contribution in [3.05, 3.63) is 59.3 Å². The fourth-order valence-corrected chi connectivity index (χ4v) is 10.9. The summed E-state index contributed by atoms with van der Waals surface area (Å²) in [5, 5.41) is 34.6. The summed E-state index contributed by atoms with van der Waals surface area (Å²) < 4.78 is 63.7. The Labute approximate surface area is 373 Å². The Morgan fingerprint density at radius 3 is 2.33 bits per heavy atom. The van der Waals surface area contributed by atoms with Gasteiger partial charge in [-0.2, -0.15) is 0 Å². The predicted molar refractivity (Wildman–Crippen MR) is 232 cm³/mol. The molecule has 1 spiro atoms. The molecular weight excluding hydrogens is 813 g/mol. The van der Waals surface area contributed by atoms with E-state index >= 15 is 0 Å². The molecule has 14 nitrogen and oxygen atoms in total. The summed E-state index contributed by atoms with van der Waals surface area (Å²) in [5.41, 5.74) is 0.277. The molecule has 4 saturated heterocycles. The van der Waals surface area contributed by atoms with Crippen LogP contribution in [-0.4, -0.2) is 140 Å². The Balaban J connectivity index is 1.19. The topological polar surface area (TPSA) is 170 Å². The molecule has 0 aromatic carbocycles. The smallest absolute Gasteiger partial charge is 0.316 e. The van der Waals surface area contributed by atoms with Gasteiger partial charge >= 0.3 is 5.97 Å². The summed E-state index contributed by atoms with van der Waals surface area (Å²) in [4.78, 5) is 14.5. The van der Waals surface area contributed by atoms with E-state index in [1.165, 1.54) is 0 Å². The van der Waals surface area contributed by atoms with E-state index in [2.05, 4.69) is 39.8 Å². The fraction of sp³-hybridized carbons (Fsp3) is 0.776. The van der Waals surface area contributed by atoms with Crippen LogP contribution in [0.3, 0.4) is 0 Å². The van der Waals surface area contributed by atoms with E-state index < -0.39 is 90.6 Å². The van der Waals surface area contributed by atoms with Crippen LogP contribution in [0.1, 0.15) is 93.9 Å². The number of carbonyl (C=O) groups excluding carboxylic acids is 1. The lowest BCUT2D eigenvalue weighted by Gasteiger charge is -2.50. The number of hydrogen-bond donors (Lipinski definition) is 3. The molecule has 14 heteroatoms. The highest BCUT2D eigenvalue weighted by Crippen LogP contribution is 2.47. The summed E-state index contributed by atoms with van der Waals surface area (Å²) in [7, 11) is 3.22. The minimum atomic E-state index is -1.75. The van der Waals surface area contributed by atoms with Gasteiger partial charge in [0.1, 0.15) is 29.8 Å². The van der Waals surface area contributed by atoms with E-state index in [4.69, 9.17) is 47.4 Å². The van der Waals surface area contributed by atoms with Crippen molar-refractivity contribution in [2.24, 2.45) is 29.6 Å². The molecule has 3 unspecified atom stereocenters. The highest BCUT2D eigenvalue weighted by atomic mass is 16.7. The van der Waals surface area contributed by atoms with Gasteiger partial charge in [-0.25, -0.2) is 0 Å². The van der Waals surface area contributed by atoms with Gasteiger partial charge < -0.3 is 62.7 Å². The maximum absolute atomic E-state index is 14.5. The van der Waals surface area contributed by atoms with Gasteiger partial charge in [0.2, 0.25) is 0 Å². The molecule has 0 saturated carbocycles. The van der Waals surface area contributed by atoms with Crippen molar-refractivity contribution >= 4 is 5.97 Å². The average Bonchev–Trinajstić information content (AvgIpc) is 3.25. The second-order valence-corrected chi connectivity index (χ2v) is 19.3. The van der Waals surface area contributed by atoms with Gasteiger partial charge in [0.15, 0.2) is 18.4 Å². The van der Waals surface area contributed by atoms with E-state index in [0.29, 0.717) is 43.3 Å². The van der Waals surface area contributed by atoms with E-state index in [9.17, 15) is 20.1 Å². The van der Waals surface area contributed by atoms with E-state index in [1.54, 1.807) is 40.2 Å². The van der Waals surface area contributed by atoms with Gasteiger partial charge in [-0.3, -0.25) is 4.79 Å². The molecule has 4 fully saturated rings. The van der Waals surface area contributed by atoms with Crippen LogP contribution in [0, 0.1) is 29.6 Å². The Bertz CT molecular complexity index is 1740. The van der Waals surface area contributed by atoms with Crippen LogP contribution in [0.15, 0.2) is 59.3 Å². The number of hydrogen-bond acceptors (Lipinski definition) is 14. The third-order valence-electron chi connectivity index (χ3n) is 14.9. The second kappa shape index (κ2) is 20.3. The van der Waals surface area contributed by atoms with Crippen molar-refractivity contribution in [1.82, 2.24) is 0 Å². The maximum atomic E-state index is 14.5. The molecular formula is C49H74O14. The number of esters is 1. The number of carbonyl (C=O) groups is 1. The van der Waals surface area contributed by atoms with E-state index in [0.717, 1.165) is 12.0 Å². The first-order valence-electron chi connectivity index (χ1n) is 23.3. The Hall–Kier alpha value is -2.31. The van der Waals surface area contributed by atoms with Crippen molar-refractivity contribution in [3.63, 3.8) is 0 Å². The first kappa shape index (κ1) is 48.6. The van der Waals surface area contributed by atoms with E-state index in [1.807, 2.05) is 32.1 Å². The first-order valence-corrected chi connectivity index (χ1v) is 23.3. The highest BCUT2D eigenvalue weighted by Gasteiger charge is 2.58. The summed E-state index contributed by atoms with van der Waals surface area (Å²) in [5.74, 6) is -3.28. The quantitative estimate of drug-likeness (QED) is 0.203. The monoisotopic (exact) mass is 887 g/mol. The van der Waals surface area contributed by atoms with E-state index in [-0.39, 0.29) is 49.3 Å². The molecule has 7 aliphatic rings. The first-order chi connectivity index (χ1) is 30.0. The normalized spacial score (nSPS) is 48.7. The molecule has 6 aliphatic heterocycles. The number of allylic oxidation sites excluding steroid dienone is 2. The second-order valence-electron chi connectivity index (χ2n) is 19.3. The molecule has 1 aliphatic carbocycles. The van der Waals surface area contributed by atoms with Gasteiger partial charge in [0.25, 0.3) is 0 Å². The zero-order valence-corrected chi connectivity index (χ0v) is 38.9. The Morgan fingerprint density at radius 2 is 1.60 bits per heavy atom. The largest absolute Gasteiger partial charge is 0.462 e. The minimum absolute atomic E-state index is 0.0806. The number of ether oxygens (including phenoxy) is 10. The Morgan fingerprint density at radius 1 is 0.889 bits per heavy atom. The fourth-order valence-electron chi connectivity index (χ4n) is 10.9. The molecule has 0 amide bonds. The van der Waals surface area contributed by atoms with Crippen molar-refractivity contribution in [2.45, 2.75) is 185 Å². The molecule has 0 aromatic heterocycles. The van der Waals surface area contributed by atoms with Crippen LogP contribution in [0.4, 0.5) is 0 Å². The number of fused-ring (bicyclic) bond motifs is 2. The summed E-state index contributed by atoms with van der Waals surface area (Å²) in [6.07, 6.45) is 9.81. The molecule has 354 valence electrons. The average molecular weight is 887 g/mol. The number of aliphatic hydroxyl groups excluding tert-OH is 2. The van der Waals surface area contributed by atoms with Crippen molar-refractivity contribution in [3.8, 4) is 0 Å². The molecule has 0 aromatic rings. The van der Waals surface area contributed by atoms with Crippen LogP contribution >= 0.6 is 0 Å². The highest BCUT2D eigenvalue weighted by molar-refractivity contribution is 5.78. The lowest BCUT2D eigenvalue weighted by molar-refractivity contribution is -0.318.